The second kappa shape index (κ2) is 6.14. The molecule has 0 aromatic heterocycles. The molecule has 0 fully saturated rings. The van der Waals surface area contributed by atoms with Crippen LogP contribution in [0.15, 0.2) is 84.9 Å². The Balaban J connectivity index is 1.82. The van der Waals surface area contributed by atoms with Crippen LogP contribution in [-0.4, -0.2) is 14.2 Å². The fraction of sp³-hybridized carbons (Fsp3) is 0.111. The Morgan fingerprint density at radius 3 is 1.50 bits per heavy atom. The Bertz CT molecular complexity index is 1200. The molecule has 4 aromatic rings. The number of benzene rings is 4. The Labute approximate surface area is 175 Å². The molecule has 0 saturated heterocycles. The highest BCUT2D eigenvalue weighted by Gasteiger charge is 2.51. The van der Waals surface area contributed by atoms with E-state index in [0.29, 0.717) is 0 Å². The first kappa shape index (κ1) is 17.2. The van der Waals surface area contributed by atoms with Gasteiger partial charge in [-0.3, -0.25) is 0 Å². The molecule has 0 unspecified atom stereocenters. The summed E-state index contributed by atoms with van der Waals surface area (Å²) >= 11 is 0. The third kappa shape index (κ3) is 2.04. The van der Waals surface area contributed by atoms with Gasteiger partial charge in [0.25, 0.3) is 0 Å². The SMILES string of the molecule is COc1ccc2c(c1)C1(c3cc(OC)ccc3O2)c2ccccc2-c2ccccc21. The Hall–Kier alpha value is -3.72. The molecule has 146 valence electrons. The van der Waals surface area contributed by atoms with Gasteiger partial charge in [-0.2, -0.15) is 0 Å². The number of ether oxygens (including phenoxy) is 3. The first-order chi connectivity index (χ1) is 14.8. The van der Waals surface area contributed by atoms with Gasteiger partial charge in [0.05, 0.1) is 19.6 Å². The minimum Gasteiger partial charge on any atom is -0.497 e. The van der Waals surface area contributed by atoms with E-state index in [0.717, 1.165) is 34.1 Å². The van der Waals surface area contributed by atoms with E-state index in [-0.39, 0.29) is 0 Å². The van der Waals surface area contributed by atoms with Crippen LogP contribution in [-0.2, 0) is 5.41 Å². The first-order valence-electron chi connectivity index (χ1n) is 10.0. The summed E-state index contributed by atoms with van der Waals surface area (Å²) in [4.78, 5) is 0. The van der Waals surface area contributed by atoms with Gasteiger partial charge in [0.15, 0.2) is 0 Å². The average molecular weight is 392 g/mol. The number of fused-ring (bicyclic) bond motifs is 9. The van der Waals surface area contributed by atoms with Crippen molar-refractivity contribution in [1.29, 1.82) is 0 Å². The maximum Gasteiger partial charge on any atom is 0.132 e. The minimum absolute atomic E-state index is 0.501. The molecule has 1 aliphatic carbocycles. The highest BCUT2D eigenvalue weighted by molar-refractivity contribution is 5.88. The summed E-state index contributed by atoms with van der Waals surface area (Å²) in [7, 11) is 3.40. The zero-order chi connectivity index (χ0) is 20.3. The van der Waals surface area contributed by atoms with Gasteiger partial charge in [-0.1, -0.05) is 48.5 Å². The molecular weight excluding hydrogens is 372 g/mol. The van der Waals surface area contributed by atoms with Crippen LogP contribution in [0.25, 0.3) is 11.1 Å². The predicted molar refractivity (Wildman–Crippen MR) is 117 cm³/mol. The van der Waals surface area contributed by atoms with Crippen LogP contribution in [0.4, 0.5) is 0 Å². The van der Waals surface area contributed by atoms with Gasteiger partial charge in [0, 0.05) is 11.1 Å². The zero-order valence-corrected chi connectivity index (χ0v) is 16.8. The van der Waals surface area contributed by atoms with Crippen molar-refractivity contribution in [3.8, 4) is 34.1 Å². The monoisotopic (exact) mass is 392 g/mol. The average Bonchev–Trinajstić information content (AvgIpc) is 3.10. The van der Waals surface area contributed by atoms with E-state index in [1.807, 2.05) is 24.3 Å². The zero-order valence-electron chi connectivity index (χ0n) is 16.8. The number of hydrogen-bond donors (Lipinski definition) is 0. The van der Waals surface area contributed by atoms with Crippen LogP contribution in [0, 0.1) is 0 Å². The fourth-order valence-corrected chi connectivity index (χ4v) is 5.12. The molecule has 0 bridgehead atoms. The maximum absolute atomic E-state index is 6.38. The smallest absolute Gasteiger partial charge is 0.132 e. The maximum atomic E-state index is 6.38. The van der Waals surface area contributed by atoms with Gasteiger partial charge in [0.2, 0.25) is 0 Å². The molecule has 6 rings (SSSR count). The quantitative estimate of drug-likeness (QED) is 0.353. The van der Waals surface area contributed by atoms with Crippen molar-refractivity contribution in [1.82, 2.24) is 0 Å². The van der Waals surface area contributed by atoms with Gasteiger partial charge in [-0.15, -0.1) is 0 Å². The van der Waals surface area contributed by atoms with Crippen LogP contribution in [0.2, 0.25) is 0 Å². The van der Waals surface area contributed by atoms with Gasteiger partial charge in [-0.05, 0) is 58.7 Å². The predicted octanol–water partition coefficient (Wildman–Crippen LogP) is 6.17. The fourth-order valence-electron chi connectivity index (χ4n) is 5.12. The minimum atomic E-state index is -0.501. The molecule has 0 radical (unpaired) electrons. The highest BCUT2D eigenvalue weighted by Crippen LogP contribution is 2.62. The van der Waals surface area contributed by atoms with Crippen LogP contribution < -0.4 is 14.2 Å². The van der Waals surface area contributed by atoms with Crippen molar-refractivity contribution in [3.63, 3.8) is 0 Å². The van der Waals surface area contributed by atoms with Crippen LogP contribution >= 0.6 is 0 Å². The summed E-state index contributed by atoms with van der Waals surface area (Å²) < 4.78 is 17.6. The molecule has 0 N–H and O–H groups in total. The van der Waals surface area contributed by atoms with Gasteiger partial charge in [0.1, 0.15) is 23.0 Å². The summed E-state index contributed by atoms with van der Waals surface area (Å²) in [6, 6.07) is 29.4. The van der Waals surface area contributed by atoms with Crippen LogP contribution in [0.5, 0.6) is 23.0 Å². The highest BCUT2D eigenvalue weighted by atomic mass is 16.5. The molecule has 3 heteroatoms. The Morgan fingerprint density at radius 2 is 1.03 bits per heavy atom. The molecule has 0 atom stereocenters. The molecular formula is C27H20O3. The lowest BCUT2D eigenvalue weighted by atomic mass is 9.66. The third-order valence-corrected chi connectivity index (χ3v) is 6.35. The summed E-state index contributed by atoms with van der Waals surface area (Å²) in [5.41, 5.74) is 6.66. The first-order valence-corrected chi connectivity index (χ1v) is 10.0. The topological polar surface area (TPSA) is 27.7 Å². The van der Waals surface area contributed by atoms with E-state index in [1.165, 1.54) is 22.3 Å². The second-order valence-corrected chi connectivity index (χ2v) is 7.67. The van der Waals surface area contributed by atoms with Gasteiger partial charge >= 0.3 is 0 Å². The summed E-state index contributed by atoms with van der Waals surface area (Å²) in [6.07, 6.45) is 0. The van der Waals surface area contributed by atoms with Crippen LogP contribution in [0.3, 0.4) is 0 Å². The lowest BCUT2D eigenvalue weighted by Gasteiger charge is -2.39. The van der Waals surface area contributed by atoms with E-state index < -0.39 is 5.41 Å². The molecule has 1 aliphatic heterocycles. The van der Waals surface area contributed by atoms with Crippen molar-refractivity contribution in [2.45, 2.75) is 5.41 Å². The van der Waals surface area contributed by atoms with Gasteiger partial charge in [-0.25, -0.2) is 0 Å². The molecule has 4 aromatic carbocycles. The van der Waals surface area contributed by atoms with E-state index in [2.05, 4.69) is 60.7 Å². The number of methoxy groups -OCH3 is 2. The normalized spacial score (nSPS) is 14.2. The number of rotatable bonds is 2. The van der Waals surface area contributed by atoms with Crippen molar-refractivity contribution in [2.24, 2.45) is 0 Å². The third-order valence-electron chi connectivity index (χ3n) is 6.35. The lowest BCUT2D eigenvalue weighted by molar-refractivity contribution is 0.398. The molecule has 30 heavy (non-hydrogen) atoms. The molecule has 3 nitrogen and oxygen atoms in total. The molecule has 1 spiro atoms. The van der Waals surface area contributed by atoms with E-state index in [1.54, 1.807) is 14.2 Å². The van der Waals surface area contributed by atoms with E-state index in [9.17, 15) is 0 Å². The standard InChI is InChI=1S/C27H20O3/c1-28-17-11-13-25-23(15-17)27(24-16-18(29-2)12-14-26(24)30-25)21-9-5-3-7-19(21)20-8-4-6-10-22(20)27/h3-16H,1-2H3. The molecule has 2 aliphatic rings. The second-order valence-electron chi connectivity index (χ2n) is 7.67. The van der Waals surface area contributed by atoms with Gasteiger partial charge < -0.3 is 14.2 Å². The molecule has 0 saturated carbocycles. The van der Waals surface area contributed by atoms with Crippen molar-refractivity contribution in [2.75, 3.05) is 14.2 Å². The Morgan fingerprint density at radius 1 is 0.567 bits per heavy atom. The number of hydrogen-bond acceptors (Lipinski definition) is 3. The summed E-state index contributed by atoms with van der Waals surface area (Å²) in [5, 5.41) is 0. The Kier molecular flexibility index (Phi) is 3.51. The molecule has 0 amide bonds. The summed E-state index contributed by atoms with van der Waals surface area (Å²) in [5.74, 6) is 3.31. The van der Waals surface area contributed by atoms with Crippen LogP contribution in [0.1, 0.15) is 22.3 Å². The van der Waals surface area contributed by atoms with Crippen molar-refractivity contribution in [3.05, 3.63) is 107 Å². The molecule has 1 heterocycles. The largest absolute Gasteiger partial charge is 0.497 e. The summed E-state index contributed by atoms with van der Waals surface area (Å²) in [6.45, 7) is 0. The van der Waals surface area contributed by atoms with Crippen molar-refractivity contribution >= 4 is 0 Å². The van der Waals surface area contributed by atoms with Crippen molar-refractivity contribution < 1.29 is 14.2 Å². The lowest BCUT2D eigenvalue weighted by Crippen LogP contribution is -2.32. The van der Waals surface area contributed by atoms with E-state index in [4.69, 9.17) is 14.2 Å². The van der Waals surface area contributed by atoms with E-state index >= 15 is 0 Å².